The summed E-state index contributed by atoms with van der Waals surface area (Å²) in [7, 11) is 0. The highest BCUT2D eigenvalue weighted by Gasteiger charge is 2.23. The molecule has 0 saturated heterocycles. The van der Waals surface area contributed by atoms with Gasteiger partial charge in [-0.1, -0.05) is 17.7 Å². The number of nitrogens with one attached hydrogen (secondary N) is 1. The molecule has 0 unspecified atom stereocenters. The van der Waals surface area contributed by atoms with Crippen LogP contribution in [0.5, 0.6) is 0 Å². The van der Waals surface area contributed by atoms with Gasteiger partial charge >= 0.3 is 5.97 Å². The summed E-state index contributed by atoms with van der Waals surface area (Å²) in [5, 5.41) is 13.7. The van der Waals surface area contributed by atoms with E-state index in [0.29, 0.717) is 29.8 Å². The topological polar surface area (TPSA) is 79.3 Å². The Morgan fingerprint density at radius 3 is 2.63 bits per heavy atom. The van der Waals surface area contributed by atoms with Gasteiger partial charge in [-0.15, -0.1) is 0 Å². The van der Waals surface area contributed by atoms with Crippen LogP contribution in [0.15, 0.2) is 66.7 Å². The highest BCUT2D eigenvalue weighted by Crippen LogP contribution is 2.32. The molecule has 0 aliphatic heterocycles. The lowest BCUT2D eigenvalue weighted by Gasteiger charge is -2.26. The molecule has 38 heavy (non-hydrogen) atoms. The molecule has 4 aromatic rings. The number of pyridine rings is 1. The van der Waals surface area contributed by atoms with Crippen molar-refractivity contribution in [3.05, 3.63) is 99.8 Å². The van der Waals surface area contributed by atoms with Crippen LogP contribution >= 0.6 is 11.6 Å². The second-order valence-electron chi connectivity index (χ2n) is 9.77. The van der Waals surface area contributed by atoms with E-state index in [1.54, 1.807) is 18.2 Å². The third kappa shape index (κ3) is 5.86. The number of nitrogens with zero attached hydrogens (tertiary/aromatic N) is 1. The first-order chi connectivity index (χ1) is 18.4. The average molecular weight is 531 g/mol. The second kappa shape index (κ2) is 11.3. The molecular weight excluding hydrogens is 503 g/mol. The number of hydrogen-bond acceptors (Lipinski definition) is 3. The van der Waals surface area contributed by atoms with Crippen molar-refractivity contribution >= 4 is 34.4 Å². The Balaban J connectivity index is 1.43. The van der Waals surface area contributed by atoms with E-state index in [1.165, 1.54) is 17.7 Å². The number of benzene rings is 3. The van der Waals surface area contributed by atoms with Crippen molar-refractivity contribution in [2.75, 3.05) is 0 Å². The van der Waals surface area contributed by atoms with Crippen LogP contribution in [-0.4, -0.2) is 22.0 Å². The molecule has 1 atom stereocenters. The standard InChI is InChI=1S/C31H28ClFN2O3/c32-24-11-14-26-20(18-24)5-3-6-28(26)35-31(38)22-10-15-27-23(17-22)16-21(4-1-2-7-29(36)37)30(34-27)19-8-12-25(33)13-9-19/h8-18,28H,1-7H2,(H,35,38)(H,36,37)/t28-/m0/s1. The molecular formula is C31H28ClFN2O3. The maximum atomic E-state index is 13.5. The van der Waals surface area contributed by atoms with Crippen LogP contribution in [0.2, 0.25) is 5.02 Å². The van der Waals surface area contributed by atoms with Crippen molar-refractivity contribution in [2.45, 2.75) is 51.0 Å². The van der Waals surface area contributed by atoms with Gasteiger partial charge in [-0.2, -0.15) is 0 Å². The Morgan fingerprint density at radius 2 is 1.84 bits per heavy atom. The number of rotatable bonds is 8. The fourth-order valence-electron chi connectivity index (χ4n) is 5.18. The van der Waals surface area contributed by atoms with E-state index < -0.39 is 5.97 Å². The first kappa shape index (κ1) is 25.9. The zero-order chi connectivity index (χ0) is 26.6. The Morgan fingerprint density at radius 1 is 1.03 bits per heavy atom. The monoisotopic (exact) mass is 530 g/mol. The molecule has 1 aliphatic rings. The van der Waals surface area contributed by atoms with E-state index in [-0.39, 0.29) is 24.2 Å². The normalized spacial score (nSPS) is 14.7. The van der Waals surface area contributed by atoms with Gasteiger partial charge in [0.15, 0.2) is 0 Å². The third-order valence-corrected chi connectivity index (χ3v) is 7.32. The third-order valence-electron chi connectivity index (χ3n) is 7.08. The lowest BCUT2D eigenvalue weighted by molar-refractivity contribution is -0.137. The zero-order valence-corrected chi connectivity index (χ0v) is 21.6. The Bertz CT molecular complexity index is 1500. The van der Waals surface area contributed by atoms with Crippen molar-refractivity contribution < 1.29 is 19.1 Å². The minimum Gasteiger partial charge on any atom is -0.481 e. The fraction of sp³-hybridized carbons (Fsp3) is 0.258. The number of unbranched alkanes of at least 4 members (excludes halogenated alkanes) is 1. The van der Waals surface area contributed by atoms with Crippen LogP contribution in [-0.2, 0) is 17.6 Å². The SMILES string of the molecule is O=C(O)CCCCc1cc2cc(C(=O)N[C@H]3CCCc4cc(Cl)ccc43)ccc2nc1-c1ccc(F)cc1. The summed E-state index contributed by atoms with van der Waals surface area (Å²) in [5.41, 5.74) is 6.04. The van der Waals surface area contributed by atoms with Gasteiger partial charge in [0.05, 0.1) is 17.3 Å². The van der Waals surface area contributed by atoms with Crippen LogP contribution in [0.25, 0.3) is 22.2 Å². The number of carboxylic acid groups (broad SMARTS) is 1. The van der Waals surface area contributed by atoms with E-state index in [2.05, 4.69) is 5.32 Å². The summed E-state index contributed by atoms with van der Waals surface area (Å²) in [4.78, 5) is 29.1. The predicted molar refractivity (Wildman–Crippen MR) is 147 cm³/mol. The molecule has 1 heterocycles. The molecule has 0 saturated carbocycles. The van der Waals surface area contributed by atoms with Gasteiger partial charge < -0.3 is 10.4 Å². The molecule has 7 heteroatoms. The summed E-state index contributed by atoms with van der Waals surface area (Å²) in [6, 6.07) is 19.4. The molecule has 2 N–H and O–H groups in total. The summed E-state index contributed by atoms with van der Waals surface area (Å²) in [5.74, 6) is -1.29. The summed E-state index contributed by atoms with van der Waals surface area (Å²) in [6.45, 7) is 0. The van der Waals surface area contributed by atoms with E-state index in [4.69, 9.17) is 21.7 Å². The quantitative estimate of drug-likeness (QED) is 0.234. The fourth-order valence-corrected chi connectivity index (χ4v) is 5.37. The van der Waals surface area contributed by atoms with Crippen LogP contribution < -0.4 is 5.32 Å². The number of fused-ring (bicyclic) bond motifs is 2. The highest BCUT2D eigenvalue weighted by atomic mass is 35.5. The number of aromatic nitrogens is 1. The molecule has 1 amide bonds. The number of amides is 1. The van der Waals surface area contributed by atoms with E-state index in [0.717, 1.165) is 52.5 Å². The van der Waals surface area contributed by atoms with Crippen LogP contribution in [0.1, 0.15) is 65.2 Å². The molecule has 1 aliphatic carbocycles. The molecule has 194 valence electrons. The number of aryl methyl sites for hydroxylation is 2. The Hall–Kier alpha value is -3.77. The first-order valence-electron chi connectivity index (χ1n) is 12.9. The van der Waals surface area contributed by atoms with Crippen molar-refractivity contribution in [3.8, 4) is 11.3 Å². The smallest absolute Gasteiger partial charge is 0.303 e. The Labute approximate surface area is 225 Å². The number of carbonyl (C=O) groups excluding carboxylic acids is 1. The highest BCUT2D eigenvalue weighted by molar-refractivity contribution is 6.30. The number of hydrogen-bond donors (Lipinski definition) is 2. The van der Waals surface area contributed by atoms with Gasteiger partial charge in [0.1, 0.15) is 5.82 Å². The maximum absolute atomic E-state index is 13.5. The minimum absolute atomic E-state index is 0.0667. The molecule has 5 rings (SSSR count). The maximum Gasteiger partial charge on any atom is 0.303 e. The van der Waals surface area contributed by atoms with Crippen molar-refractivity contribution in [1.82, 2.24) is 10.3 Å². The summed E-state index contributed by atoms with van der Waals surface area (Å²) < 4.78 is 13.5. The molecule has 3 aromatic carbocycles. The van der Waals surface area contributed by atoms with Crippen molar-refractivity contribution in [2.24, 2.45) is 0 Å². The number of carboxylic acids is 1. The van der Waals surface area contributed by atoms with Gasteiger partial charge in [-0.05, 0) is 116 Å². The molecule has 5 nitrogen and oxygen atoms in total. The summed E-state index contributed by atoms with van der Waals surface area (Å²) >= 11 is 6.17. The molecule has 0 bridgehead atoms. The van der Waals surface area contributed by atoms with Gasteiger partial charge in [0.25, 0.3) is 5.91 Å². The van der Waals surface area contributed by atoms with Gasteiger partial charge in [-0.25, -0.2) is 9.37 Å². The number of halogens is 2. The molecule has 0 spiro atoms. The molecule has 0 fully saturated rings. The Kier molecular flexibility index (Phi) is 7.70. The van der Waals surface area contributed by atoms with Gasteiger partial charge in [0, 0.05) is 28.0 Å². The lowest BCUT2D eigenvalue weighted by Crippen LogP contribution is -2.31. The summed E-state index contributed by atoms with van der Waals surface area (Å²) in [6.07, 6.45) is 4.77. The van der Waals surface area contributed by atoms with Gasteiger partial charge in [0.2, 0.25) is 0 Å². The van der Waals surface area contributed by atoms with E-state index in [1.807, 2.05) is 36.4 Å². The largest absolute Gasteiger partial charge is 0.481 e. The van der Waals surface area contributed by atoms with Crippen molar-refractivity contribution in [1.29, 1.82) is 0 Å². The van der Waals surface area contributed by atoms with Gasteiger partial charge in [-0.3, -0.25) is 9.59 Å². The minimum atomic E-state index is -0.820. The number of carbonyl (C=O) groups is 2. The van der Waals surface area contributed by atoms with Crippen LogP contribution in [0, 0.1) is 5.82 Å². The van der Waals surface area contributed by atoms with Crippen LogP contribution in [0.4, 0.5) is 4.39 Å². The number of aliphatic carboxylic acids is 1. The zero-order valence-electron chi connectivity index (χ0n) is 20.8. The lowest BCUT2D eigenvalue weighted by atomic mass is 9.87. The van der Waals surface area contributed by atoms with E-state index in [9.17, 15) is 14.0 Å². The first-order valence-corrected chi connectivity index (χ1v) is 13.3. The van der Waals surface area contributed by atoms with Crippen LogP contribution in [0.3, 0.4) is 0 Å². The van der Waals surface area contributed by atoms with Crippen molar-refractivity contribution in [3.63, 3.8) is 0 Å². The molecule has 0 radical (unpaired) electrons. The second-order valence-corrected chi connectivity index (χ2v) is 10.2. The predicted octanol–water partition coefficient (Wildman–Crippen LogP) is 7.30. The molecule has 1 aromatic heterocycles. The average Bonchev–Trinajstić information content (AvgIpc) is 2.90. The van der Waals surface area contributed by atoms with E-state index >= 15 is 0 Å².